The molecule has 0 atom stereocenters. The second kappa shape index (κ2) is 5.22. The molecule has 6 nitrogen and oxygen atoms in total. The van der Waals surface area contributed by atoms with Crippen molar-refractivity contribution in [3.8, 4) is 0 Å². The number of hydrogen-bond acceptors (Lipinski definition) is 5. The smallest absolute Gasteiger partial charge is 0.274 e. The van der Waals surface area contributed by atoms with Crippen molar-refractivity contribution in [3.05, 3.63) is 48.2 Å². The Morgan fingerprint density at radius 2 is 2.00 bits per heavy atom. The van der Waals surface area contributed by atoms with E-state index < -0.39 is 0 Å². The van der Waals surface area contributed by atoms with Gasteiger partial charge < -0.3 is 10.6 Å². The van der Waals surface area contributed by atoms with Crippen LogP contribution in [0, 0.1) is 0 Å². The number of rotatable bonds is 3. The average Bonchev–Trinajstić information content (AvgIpc) is 2.40. The molecule has 92 valence electrons. The van der Waals surface area contributed by atoms with E-state index in [9.17, 15) is 4.79 Å². The van der Waals surface area contributed by atoms with Crippen LogP contribution in [0.3, 0.4) is 0 Å². The first-order valence-corrected chi connectivity index (χ1v) is 5.38. The highest BCUT2D eigenvalue weighted by molar-refractivity contribution is 5.91. The molecule has 18 heavy (non-hydrogen) atoms. The third-order valence-electron chi connectivity index (χ3n) is 2.41. The van der Waals surface area contributed by atoms with Crippen LogP contribution in [-0.4, -0.2) is 32.8 Å². The molecule has 0 aliphatic heterocycles. The summed E-state index contributed by atoms with van der Waals surface area (Å²) in [5.74, 6) is 0.0997. The molecule has 2 aromatic rings. The topological polar surface area (TPSA) is 85.0 Å². The van der Waals surface area contributed by atoms with E-state index in [4.69, 9.17) is 5.73 Å². The maximum Gasteiger partial charge on any atom is 0.274 e. The molecule has 0 bridgehead atoms. The van der Waals surface area contributed by atoms with Crippen molar-refractivity contribution in [1.29, 1.82) is 0 Å². The molecule has 0 unspecified atom stereocenters. The first kappa shape index (κ1) is 12.0. The number of carbonyl (C=O) groups excluding carboxylic acids is 1. The molecule has 0 aliphatic rings. The molecule has 1 amide bonds. The number of anilines is 1. The molecule has 2 N–H and O–H groups in total. The molecule has 0 aliphatic carbocycles. The van der Waals surface area contributed by atoms with Gasteiger partial charge in [-0.15, -0.1) is 0 Å². The maximum absolute atomic E-state index is 12.0. The predicted molar refractivity (Wildman–Crippen MR) is 66.5 cm³/mol. The van der Waals surface area contributed by atoms with Crippen molar-refractivity contribution >= 4 is 11.7 Å². The molecule has 0 saturated heterocycles. The van der Waals surface area contributed by atoms with Gasteiger partial charge in [-0.2, -0.15) is 0 Å². The van der Waals surface area contributed by atoms with Crippen LogP contribution in [0.15, 0.2) is 36.9 Å². The number of hydrogen-bond donors (Lipinski definition) is 1. The van der Waals surface area contributed by atoms with E-state index in [0.717, 1.165) is 5.56 Å². The molecule has 0 aromatic carbocycles. The van der Waals surface area contributed by atoms with Gasteiger partial charge in [0.15, 0.2) is 0 Å². The third-order valence-corrected chi connectivity index (χ3v) is 2.41. The Labute approximate surface area is 105 Å². The largest absolute Gasteiger partial charge is 0.382 e. The minimum Gasteiger partial charge on any atom is -0.382 e. The van der Waals surface area contributed by atoms with Crippen molar-refractivity contribution < 1.29 is 4.79 Å². The lowest BCUT2D eigenvalue weighted by Crippen LogP contribution is -2.27. The summed E-state index contributed by atoms with van der Waals surface area (Å²) in [5.41, 5.74) is 6.70. The Morgan fingerprint density at radius 3 is 2.61 bits per heavy atom. The van der Waals surface area contributed by atoms with Crippen LogP contribution in [0.5, 0.6) is 0 Å². The molecule has 0 saturated carbocycles. The lowest BCUT2D eigenvalue weighted by atomic mass is 10.2. The molecular formula is C12H13N5O. The molecule has 0 fully saturated rings. The van der Waals surface area contributed by atoms with E-state index in [0.29, 0.717) is 12.4 Å². The van der Waals surface area contributed by atoms with Gasteiger partial charge in [0.1, 0.15) is 11.5 Å². The first-order chi connectivity index (χ1) is 8.66. The monoisotopic (exact) mass is 243 g/mol. The summed E-state index contributed by atoms with van der Waals surface area (Å²) < 4.78 is 0. The van der Waals surface area contributed by atoms with Gasteiger partial charge in [0, 0.05) is 26.0 Å². The SMILES string of the molecule is CN(Cc1ccncc1)C(=O)c1cnc(N)cn1. The van der Waals surface area contributed by atoms with Crippen LogP contribution in [0.1, 0.15) is 16.1 Å². The van der Waals surface area contributed by atoms with Crippen molar-refractivity contribution in [2.75, 3.05) is 12.8 Å². The van der Waals surface area contributed by atoms with E-state index in [1.165, 1.54) is 12.4 Å². The zero-order valence-corrected chi connectivity index (χ0v) is 9.95. The normalized spacial score (nSPS) is 10.1. The van der Waals surface area contributed by atoms with Gasteiger partial charge >= 0.3 is 0 Å². The van der Waals surface area contributed by atoms with Gasteiger partial charge in [0.2, 0.25) is 0 Å². The Balaban J connectivity index is 2.07. The zero-order chi connectivity index (χ0) is 13.0. The van der Waals surface area contributed by atoms with Crippen LogP contribution >= 0.6 is 0 Å². The van der Waals surface area contributed by atoms with Gasteiger partial charge in [0.25, 0.3) is 5.91 Å². The van der Waals surface area contributed by atoms with E-state index >= 15 is 0 Å². The van der Waals surface area contributed by atoms with Crippen molar-refractivity contribution in [1.82, 2.24) is 19.9 Å². The second-order valence-corrected chi connectivity index (χ2v) is 3.84. The summed E-state index contributed by atoms with van der Waals surface area (Å²) in [6, 6.07) is 3.72. The van der Waals surface area contributed by atoms with Gasteiger partial charge in [-0.05, 0) is 17.7 Å². The number of pyridine rings is 1. The van der Waals surface area contributed by atoms with E-state index in [1.54, 1.807) is 24.3 Å². The van der Waals surface area contributed by atoms with E-state index in [-0.39, 0.29) is 11.6 Å². The molecule has 2 rings (SSSR count). The molecule has 0 spiro atoms. The van der Waals surface area contributed by atoms with Gasteiger partial charge in [-0.25, -0.2) is 9.97 Å². The van der Waals surface area contributed by atoms with Gasteiger partial charge in [-0.3, -0.25) is 9.78 Å². The first-order valence-electron chi connectivity index (χ1n) is 5.38. The van der Waals surface area contributed by atoms with Gasteiger partial charge in [0.05, 0.1) is 12.4 Å². The number of amides is 1. The summed E-state index contributed by atoms with van der Waals surface area (Å²) >= 11 is 0. The minimum absolute atomic E-state index is 0.195. The minimum atomic E-state index is -0.195. The Hall–Kier alpha value is -2.50. The fraction of sp³-hybridized carbons (Fsp3) is 0.167. The molecule has 6 heteroatoms. The highest BCUT2D eigenvalue weighted by Gasteiger charge is 2.13. The fourth-order valence-electron chi connectivity index (χ4n) is 1.48. The molecule has 0 radical (unpaired) electrons. The van der Waals surface area contributed by atoms with Crippen molar-refractivity contribution in [2.24, 2.45) is 0 Å². The quantitative estimate of drug-likeness (QED) is 0.858. The zero-order valence-electron chi connectivity index (χ0n) is 9.95. The number of nitrogens with zero attached hydrogens (tertiary/aromatic N) is 4. The van der Waals surface area contributed by atoms with Crippen LogP contribution in [0.4, 0.5) is 5.82 Å². The Bertz CT molecular complexity index is 526. The number of nitrogen functional groups attached to an aromatic ring is 1. The maximum atomic E-state index is 12.0. The van der Waals surface area contributed by atoms with Crippen LogP contribution < -0.4 is 5.73 Å². The van der Waals surface area contributed by atoms with E-state index in [2.05, 4.69) is 15.0 Å². The van der Waals surface area contributed by atoms with Crippen molar-refractivity contribution in [3.63, 3.8) is 0 Å². The van der Waals surface area contributed by atoms with Crippen LogP contribution in [-0.2, 0) is 6.54 Å². The summed E-state index contributed by atoms with van der Waals surface area (Å²) in [6.45, 7) is 0.493. The molecule has 2 heterocycles. The lowest BCUT2D eigenvalue weighted by Gasteiger charge is -2.16. The third kappa shape index (κ3) is 2.79. The number of nitrogens with two attached hydrogens (primary N) is 1. The number of aromatic nitrogens is 3. The van der Waals surface area contributed by atoms with Crippen LogP contribution in [0.25, 0.3) is 0 Å². The van der Waals surface area contributed by atoms with Crippen molar-refractivity contribution in [2.45, 2.75) is 6.54 Å². The Morgan fingerprint density at radius 1 is 1.28 bits per heavy atom. The second-order valence-electron chi connectivity index (χ2n) is 3.84. The lowest BCUT2D eigenvalue weighted by molar-refractivity contribution is 0.0779. The highest BCUT2D eigenvalue weighted by Crippen LogP contribution is 2.05. The predicted octanol–water partition coefficient (Wildman–Crippen LogP) is 0.726. The molecule has 2 aromatic heterocycles. The van der Waals surface area contributed by atoms with Gasteiger partial charge in [-0.1, -0.05) is 0 Å². The van der Waals surface area contributed by atoms with Crippen LogP contribution in [0.2, 0.25) is 0 Å². The fourth-order valence-corrected chi connectivity index (χ4v) is 1.48. The number of carbonyl (C=O) groups is 1. The summed E-state index contributed by atoms with van der Waals surface area (Å²) in [7, 11) is 1.71. The van der Waals surface area contributed by atoms with E-state index in [1.807, 2.05) is 12.1 Å². The highest BCUT2D eigenvalue weighted by atomic mass is 16.2. The Kier molecular flexibility index (Phi) is 3.47. The summed E-state index contributed by atoms with van der Waals surface area (Å²) in [6.07, 6.45) is 6.13. The summed E-state index contributed by atoms with van der Waals surface area (Å²) in [5, 5.41) is 0. The summed E-state index contributed by atoms with van der Waals surface area (Å²) in [4.78, 5) is 25.3. The molecular weight excluding hydrogens is 230 g/mol. The average molecular weight is 243 g/mol. The standard InChI is InChI=1S/C12H13N5O/c1-17(8-9-2-4-14-5-3-9)12(18)10-6-16-11(13)7-15-10/h2-7H,8H2,1H3,(H2,13,16).